The maximum Gasteiger partial charge on any atom is 0.253 e. The van der Waals surface area contributed by atoms with Crippen LogP contribution in [0.4, 0.5) is 0 Å². The SMILES string of the molecule is Cn1c(-c2ccnc(-c3cccc(Cl)c3)n2)cc2c1CCNC2=O. The van der Waals surface area contributed by atoms with Crippen LogP contribution < -0.4 is 5.32 Å². The molecule has 24 heavy (non-hydrogen) atoms. The number of amides is 1. The van der Waals surface area contributed by atoms with Crippen LogP contribution in [0.5, 0.6) is 0 Å². The van der Waals surface area contributed by atoms with Gasteiger partial charge in [-0.25, -0.2) is 9.97 Å². The minimum absolute atomic E-state index is 0.0257. The maximum absolute atomic E-state index is 12.0. The summed E-state index contributed by atoms with van der Waals surface area (Å²) < 4.78 is 2.04. The molecular formula is C18H15ClN4O. The molecule has 3 heterocycles. The molecule has 2 aromatic heterocycles. The van der Waals surface area contributed by atoms with E-state index in [2.05, 4.69) is 15.3 Å². The Labute approximate surface area is 144 Å². The second-order valence-electron chi connectivity index (χ2n) is 5.73. The van der Waals surface area contributed by atoms with Gasteiger partial charge in [0, 0.05) is 42.5 Å². The molecule has 0 fully saturated rings. The minimum atomic E-state index is -0.0257. The first-order valence-corrected chi connectivity index (χ1v) is 8.07. The lowest BCUT2D eigenvalue weighted by molar-refractivity contribution is 0.0945. The van der Waals surface area contributed by atoms with Crippen molar-refractivity contribution in [2.75, 3.05) is 6.54 Å². The normalized spacial score (nSPS) is 13.5. The Kier molecular flexibility index (Phi) is 3.58. The second-order valence-corrected chi connectivity index (χ2v) is 6.17. The Bertz CT molecular complexity index is 948. The lowest BCUT2D eigenvalue weighted by Gasteiger charge is -2.14. The molecule has 0 bridgehead atoms. The Morgan fingerprint density at radius 3 is 2.92 bits per heavy atom. The van der Waals surface area contributed by atoms with E-state index < -0.39 is 0 Å². The number of carbonyl (C=O) groups is 1. The molecule has 5 nitrogen and oxygen atoms in total. The van der Waals surface area contributed by atoms with Gasteiger partial charge in [0.05, 0.1) is 17.0 Å². The Hall–Kier alpha value is -2.66. The summed E-state index contributed by atoms with van der Waals surface area (Å²) in [5.74, 6) is 0.584. The number of benzene rings is 1. The van der Waals surface area contributed by atoms with Crippen molar-refractivity contribution in [1.29, 1.82) is 0 Å². The summed E-state index contributed by atoms with van der Waals surface area (Å²) in [7, 11) is 1.97. The number of carbonyl (C=O) groups excluding carboxylic acids is 1. The number of hydrogen-bond acceptors (Lipinski definition) is 3. The Morgan fingerprint density at radius 1 is 1.25 bits per heavy atom. The van der Waals surface area contributed by atoms with Crippen LogP contribution in [0.3, 0.4) is 0 Å². The van der Waals surface area contributed by atoms with Crippen LogP contribution >= 0.6 is 11.6 Å². The monoisotopic (exact) mass is 338 g/mol. The fourth-order valence-corrected chi connectivity index (χ4v) is 3.24. The molecule has 1 aromatic carbocycles. The molecule has 3 aromatic rings. The van der Waals surface area contributed by atoms with Gasteiger partial charge in [-0.2, -0.15) is 0 Å². The van der Waals surface area contributed by atoms with E-state index in [-0.39, 0.29) is 5.91 Å². The molecule has 0 aliphatic carbocycles. The third-order valence-electron chi connectivity index (χ3n) is 4.25. The summed E-state index contributed by atoms with van der Waals surface area (Å²) in [5, 5.41) is 3.52. The van der Waals surface area contributed by atoms with Gasteiger partial charge in [-0.1, -0.05) is 23.7 Å². The summed E-state index contributed by atoms with van der Waals surface area (Å²) >= 11 is 6.06. The highest BCUT2D eigenvalue weighted by Gasteiger charge is 2.23. The van der Waals surface area contributed by atoms with Crippen LogP contribution in [0.15, 0.2) is 42.6 Å². The first-order chi connectivity index (χ1) is 11.6. The smallest absolute Gasteiger partial charge is 0.253 e. The maximum atomic E-state index is 12.0. The Balaban J connectivity index is 1.81. The molecular weight excluding hydrogens is 324 g/mol. The fraction of sp³-hybridized carbons (Fsp3) is 0.167. The molecule has 1 aliphatic heterocycles. The summed E-state index contributed by atoms with van der Waals surface area (Å²) in [6, 6.07) is 11.2. The van der Waals surface area contributed by atoms with E-state index in [9.17, 15) is 4.79 Å². The number of fused-ring (bicyclic) bond motifs is 1. The number of nitrogens with zero attached hydrogens (tertiary/aromatic N) is 3. The van der Waals surface area contributed by atoms with Crippen molar-refractivity contribution in [3.63, 3.8) is 0 Å². The van der Waals surface area contributed by atoms with Crippen molar-refractivity contribution in [1.82, 2.24) is 19.9 Å². The average Bonchev–Trinajstić information content (AvgIpc) is 2.94. The number of hydrogen-bond donors (Lipinski definition) is 1. The molecule has 120 valence electrons. The van der Waals surface area contributed by atoms with Gasteiger partial charge in [0.25, 0.3) is 5.91 Å². The highest BCUT2D eigenvalue weighted by Crippen LogP contribution is 2.27. The fourth-order valence-electron chi connectivity index (χ4n) is 3.05. The van der Waals surface area contributed by atoms with E-state index in [0.717, 1.165) is 34.6 Å². The number of halogens is 1. The Morgan fingerprint density at radius 2 is 2.12 bits per heavy atom. The van der Waals surface area contributed by atoms with E-state index >= 15 is 0 Å². The van der Waals surface area contributed by atoms with Crippen molar-refractivity contribution in [2.24, 2.45) is 7.05 Å². The first kappa shape index (κ1) is 14.9. The molecule has 4 rings (SSSR count). The average molecular weight is 339 g/mol. The topological polar surface area (TPSA) is 59.8 Å². The number of aromatic nitrogens is 3. The summed E-state index contributed by atoms with van der Waals surface area (Å²) in [4.78, 5) is 21.0. The van der Waals surface area contributed by atoms with Crippen LogP contribution in [-0.4, -0.2) is 27.0 Å². The van der Waals surface area contributed by atoms with Crippen LogP contribution in [0, 0.1) is 0 Å². The van der Waals surface area contributed by atoms with Crippen LogP contribution in [0.1, 0.15) is 16.1 Å². The largest absolute Gasteiger partial charge is 0.352 e. The number of nitrogens with one attached hydrogen (secondary N) is 1. The predicted molar refractivity (Wildman–Crippen MR) is 92.9 cm³/mol. The summed E-state index contributed by atoms with van der Waals surface area (Å²) in [6.45, 7) is 0.667. The molecule has 6 heteroatoms. The zero-order valence-corrected chi connectivity index (χ0v) is 13.8. The van der Waals surface area contributed by atoms with Crippen molar-refractivity contribution < 1.29 is 4.79 Å². The third-order valence-corrected chi connectivity index (χ3v) is 4.49. The highest BCUT2D eigenvalue weighted by atomic mass is 35.5. The highest BCUT2D eigenvalue weighted by molar-refractivity contribution is 6.30. The van der Waals surface area contributed by atoms with Gasteiger partial charge < -0.3 is 9.88 Å². The van der Waals surface area contributed by atoms with Gasteiger partial charge in [-0.15, -0.1) is 0 Å². The van der Waals surface area contributed by atoms with Crippen LogP contribution in [0.2, 0.25) is 5.02 Å². The molecule has 1 amide bonds. The molecule has 0 radical (unpaired) electrons. The van der Waals surface area contributed by atoms with Gasteiger partial charge in [-0.3, -0.25) is 4.79 Å². The lowest BCUT2D eigenvalue weighted by atomic mass is 10.1. The van der Waals surface area contributed by atoms with E-state index in [1.54, 1.807) is 6.20 Å². The van der Waals surface area contributed by atoms with Crippen molar-refractivity contribution in [3.8, 4) is 22.8 Å². The zero-order chi connectivity index (χ0) is 16.7. The second kappa shape index (κ2) is 5.76. The van der Waals surface area contributed by atoms with Gasteiger partial charge in [0.1, 0.15) is 0 Å². The van der Waals surface area contributed by atoms with Gasteiger partial charge in [-0.05, 0) is 24.3 Å². The molecule has 0 saturated carbocycles. The molecule has 1 aliphatic rings. The molecule has 0 unspecified atom stereocenters. The van der Waals surface area contributed by atoms with Gasteiger partial charge in [0.15, 0.2) is 5.82 Å². The lowest BCUT2D eigenvalue weighted by Crippen LogP contribution is -2.31. The van der Waals surface area contributed by atoms with Crippen molar-refractivity contribution in [3.05, 3.63) is 58.9 Å². The quantitative estimate of drug-likeness (QED) is 0.781. The number of rotatable bonds is 2. The van der Waals surface area contributed by atoms with Crippen LogP contribution in [0.25, 0.3) is 22.8 Å². The summed E-state index contributed by atoms with van der Waals surface area (Å²) in [5.41, 5.74) is 4.31. The molecule has 0 spiro atoms. The molecule has 0 saturated heterocycles. The van der Waals surface area contributed by atoms with Gasteiger partial charge in [0.2, 0.25) is 0 Å². The van der Waals surface area contributed by atoms with Crippen molar-refractivity contribution in [2.45, 2.75) is 6.42 Å². The predicted octanol–water partition coefficient (Wildman–Crippen LogP) is 3.09. The van der Waals surface area contributed by atoms with Crippen molar-refractivity contribution >= 4 is 17.5 Å². The molecule has 1 N–H and O–H groups in total. The zero-order valence-electron chi connectivity index (χ0n) is 13.1. The van der Waals surface area contributed by atoms with Gasteiger partial charge >= 0.3 is 0 Å². The molecule has 0 atom stereocenters. The van der Waals surface area contributed by atoms with E-state index in [1.165, 1.54) is 0 Å². The first-order valence-electron chi connectivity index (χ1n) is 7.69. The van der Waals surface area contributed by atoms with E-state index in [4.69, 9.17) is 11.6 Å². The third kappa shape index (κ3) is 2.47. The van der Waals surface area contributed by atoms with E-state index in [0.29, 0.717) is 17.4 Å². The van der Waals surface area contributed by atoms with Crippen LogP contribution in [-0.2, 0) is 13.5 Å². The van der Waals surface area contributed by atoms with E-state index in [1.807, 2.05) is 48.0 Å². The standard InChI is InChI=1S/C18H15ClN4O/c1-23-15-6-8-21-18(24)13(15)10-16(23)14-5-7-20-17(22-14)11-3-2-4-12(19)9-11/h2-5,7,9-10H,6,8H2,1H3,(H,21,24). The minimum Gasteiger partial charge on any atom is -0.352 e. The summed E-state index contributed by atoms with van der Waals surface area (Å²) in [6.07, 6.45) is 2.55.